The number of anilines is 1. The number of benzene rings is 1. The minimum atomic E-state index is -4.06. The zero-order valence-corrected chi connectivity index (χ0v) is 19.9. The molecule has 3 rings (SSSR count). The molecule has 1 amide bonds. The first-order valence-corrected chi connectivity index (χ1v) is 12.6. The number of thiophene rings is 1. The average Bonchev–Trinajstić information content (AvgIpc) is 3.29. The van der Waals surface area contributed by atoms with Gasteiger partial charge in [-0.15, -0.1) is 11.3 Å². The second-order valence-electron chi connectivity index (χ2n) is 7.24. The van der Waals surface area contributed by atoms with Gasteiger partial charge in [0.1, 0.15) is 17.2 Å². The van der Waals surface area contributed by atoms with Crippen molar-refractivity contribution in [1.29, 1.82) is 0 Å². The molecule has 0 aliphatic rings. The van der Waals surface area contributed by atoms with Gasteiger partial charge in [0.2, 0.25) is 0 Å². The van der Waals surface area contributed by atoms with Crippen LogP contribution in [0.2, 0.25) is 0 Å². The third-order valence-electron chi connectivity index (χ3n) is 4.70. The van der Waals surface area contributed by atoms with E-state index < -0.39 is 27.9 Å². The molecule has 184 valence electrons. The number of aromatic nitrogens is 2. The number of hydrogen-bond acceptors (Lipinski definition) is 8. The molecule has 0 aliphatic heterocycles. The van der Waals surface area contributed by atoms with Crippen molar-refractivity contribution in [2.45, 2.75) is 23.8 Å². The summed E-state index contributed by atoms with van der Waals surface area (Å²) in [5.74, 6) is -2.07. The fraction of sp³-hybridized carbons (Fsp3) is 0.190. The molecule has 12 nitrogen and oxygen atoms in total. The van der Waals surface area contributed by atoms with E-state index in [0.29, 0.717) is 17.5 Å². The van der Waals surface area contributed by atoms with Crippen LogP contribution in [-0.4, -0.2) is 53.9 Å². The molecule has 35 heavy (non-hydrogen) atoms. The predicted molar refractivity (Wildman–Crippen MR) is 131 cm³/mol. The molecule has 0 radical (unpaired) electrons. The van der Waals surface area contributed by atoms with Gasteiger partial charge in [-0.3, -0.25) is 14.5 Å². The van der Waals surface area contributed by atoms with Crippen LogP contribution >= 0.6 is 11.3 Å². The summed E-state index contributed by atoms with van der Waals surface area (Å²) in [4.78, 5) is 36.0. The number of rotatable bonds is 11. The number of guanidine groups is 1. The van der Waals surface area contributed by atoms with Gasteiger partial charge in [0.25, 0.3) is 15.9 Å². The lowest BCUT2D eigenvalue weighted by molar-refractivity contribution is -0.139. The highest BCUT2D eigenvalue weighted by Crippen LogP contribution is 2.27. The van der Waals surface area contributed by atoms with Crippen LogP contribution in [0.5, 0.6) is 0 Å². The molecule has 0 saturated carbocycles. The van der Waals surface area contributed by atoms with Crippen molar-refractivity contribution in [3.63, 3.8) is 0 Å². The van der Waals surface area contributed by atoms with E-state index in [4.69, 9.17) is 11.5 Å². The van der Waals surface area contributed by atoms with Gasteiger partial charge in [0.15, 0.2) is 5.96 Å². The quantitative estimate of drug-likeness (QED) is 0.141. The Morgan fingerprint density at radius 2 is 1.89 bits per heavy atom. The standard InChI is InChI=1S/C21H23N7O5S2/c22-21(23)26-7-2-5-17(20(30)31)27-19(29)18-16(6-8-34-18)28-35(32,33)15-4-1-3-13(9-15)14-10-24-12-25-11-14/h1,3-4,6,8-12,17,28H,2,5,7H2,(H,27,29)(H,30,31)(H4,22,23,26)/t17-/m0/s1. The summed E-state index contributed by atoms with van der Waals surface area (Å²) in [7, 11) is -4.06. The monoisotopic (exact) mass is 517 g/mol. The number of nitrogens with zero attached hydrogens (tertiary/aromatic N) is 3. The van der Waals surface area contributed by atoms with Crippen molar-refractivity contribution >= 4 is 44.9 Å². The third kappa shape index (κ3) is 6.97. The van der Waals surface area contributed by atoms with Crippen LogP contribution in [-0.2, 0) is 14.8 Å². The first-order valence-electron chi connectivity index (χ1n) is 10.2. The number of nitrogens with one attached hydrogen (secondary N) is 2. The van der Waals surface area contributed by atoms with E-state index in [2.05, 4.69) is 25.0 Å². The molecule has 2 heterocycles. The number of carboxylic acids is 1. The van der Waals surface area contributed by atoms with E-state index in [1.807, 2.05) is 0 Å². The van der Waals surface area contributed by atoms with E-state index in [1.54, 1.807) is 24.5 Å². The zero-order valence-electron chi connectivity index (χ0n) is 18.3. The highest BCUT2D eigenvalue weighted by Gasteiger charge is 2.25. The Morgan fingerprint density at radius 1 is 1.14 bits per heavy atom. The second-order valence-corrected chi connectivity index (χ2v) is 9.84. The van der Waals surface area contributed by atoms with Gasteiger partial charge >= 0.3 is 5.97 Å². The smallest absolute Gasteiger partial charge is 0.326 e. The van der Waals surface area contributed by atoms with Crippen LogP contribution in [0.15, 0.2) is 64.3 Å². The summed E-state index contributed by atoms with van der Waals surface area (Å²) in [6.45, 7) is 0.209. The first kappa shape index (κ1) is 25.6. The van der Waals surface area contributed by atoms with Crippen molar-refractivity contribution < 1.29 is 23.1 Å². The molecule has 0 unspecified atom stereocenters. The van der Waals surface area contributed by atoms with E-state index in [9.17, 15) is 23.1 Å². The number of hydrogen-bond donors (Lipinski definition) is 5. The topological polar surface area (TPSA) is 203 Å². The maximum absolute atomic E-state index is 13.0. The lowest BCUT2D eigenvalue weighted by Crippen LogP contribution is -2.40. The number of carbonyl (C=O) groups excluding carboxylic acids is 1. The summed E-state index contributed by atoms with van der Waals surface area (Å²) in [5.41, 5.74) is 11.8. The van der Waals surface area contributed by atoms with Crippen LogP contribution in [0.4, 0.5) is 5.69 Å². The lowest BCUT2D eigenvalue weighted by Gasteiger charge is -2.15. The van der Waals surface area contributed by atoms with Crippen molar-refractivity contribution in [3.05, 3.63) is 59.3 Å². The zero-order chi connectivity index (χ0) is 25.4. The molecular formula is C21H23N7O5S2. The number of carboxylic acid groups (broad SMARTS) is 1. The van der Waals surface area contributed by atoms with Crippen LogP contribution < -0.4 is 21.5 Å². The van der Waals surface area contributed by atoms with E-state index in [0.717, 1.165) is 11.3 Å². The van der Waals surface area contributed by atoms with Gasteiger partial charge in [0, 0.05) is 24.5 Å². The van der Waals surface area contributed by atoms with Crippen LogP contribution in [0.25, 0.3) is 11.1 Å². The Labute approximate surface area is 205 Å². The SMILES string of the molecule is NC(N)=NCCC[C@H](NC(=O)c1sccc1NS(=O)(=O)c1cccc(-c2cncnc2)c1)C(=O)O. The molecule has 14 heteroatoms. The van der Waals surface area contributed by atoms with Gasteiger partial charge in [-0.2, -0.15) is 0 Å². The molecule has 2 aromatic heterocycles. The number of aliphatic imine (C=N–C) groups is 1. The second kappa shape index (κ2) is 11.4. The van der Waals surface area contributed by atoms with Crippen molar-refractivity contribution in [2.75, 3.05) is 11.3 Å². The fourth-order valence-corrected chi connectivity index (χ4v) is 4.98. The largest absolute Gasteiger partial charge is 0.480 e. The maximum atomic E-state index is 13.0. The summed E-state index contributed by atoms with van der Waals surface area (Å²) in [6.07, 6.45) is 4.89. The van der Waals surface area contributed by atoms with E-state index >= 15 is 0 Å². The van der Waals surface area contributed by atoms with E-state index in [1.165, 1.54) is 29.9 Å². The number of sulfonamides is 1. The molecule has 1 atom stereocenters. The molecule has 3 aromatic rings. The Morgan fingerprint density at radius 3 is 2.57 bits per heavy atom. The summed E-state index contributed by atoms with van der Waals surface area (Å²) in [6, 6.07) is 6.41. The van der Waals surface area contributed by atoms with Crippen molar-refractivity contribution in [1.82, 2.24) is 15.3 Å². The van der Waals surface area contributed by atoms with Crippen LogP contribution in [0.3, 0.4) is 0 Å². The van der Waals surface area contributed by atoms with Gasteiger partial charge in [-0.05, 0) is 42.0 Å². The average molecular weight is 518 g/mol. The first-order chi connectivity index (χ1) is 16.7. The van der Waals surface area contributed by atoms with Gasteiger partial charge in [0.05, 0.1) is 10.6 Å². The Balaban J connectivity index is 1.74. The van der Waals surface area contributed by atoms with E-state index in [-0.39, 0.29) is 34.4 Å². The van der Waals surface area contributed by atoms with Crippen molar-refractivity contribution in [2.24, 2.45) is 16.5 Å². The highest BCUT2D eigenvalue weighted by atomic mass is 32.2. The number of nitrogens with two attached hydrogens (primary N) is 2. The molecule has 0 fully saturated rings. The molecule has 0 aliphatic carbocycles. The van der Waals surface area contributed by atoms with Gasteiger partial charge < -0.3 is 21.9 Å². The maximum Gasteiger partial charge on any atom is 0.326 e. The van der Waals surface area contributed by atoms with Crippen LogP contribution in [0.1, 0.15) is 22.5 Å². The number of amides is 1. The number of aliphatic carboxylic acids is 1. The molecule has 1 aromatic carbocycles. The van der Waals surface area contributed by atoms with Crippen molar-refractivity contribution in [3.8, 4) is 11.1 Å². The Bertz CT molecular complexity index is 1320. The minimum Gasteiger partial charge on any atom is -0.480 e. The third-order valence-corrected chi connectivity index (χ3v) is 6.98. The predicted octanol–water partition coefficient (Wildman–Crippen LogP) is 1.24. The molecule has 0 bridgehead atoms. The van der Waals surface area contributed by atoms with Gasteiger partial charge in [-0.1, -0.05) is 12.1 Å². The van der Waals surface area contributed by atoms with Gasteiger partial charge in [-0.25, -0.2) is 23.2 Å². The molecule has 0 spiro atoms. The lowest BCUT2D eigenvalue weighted by atomic mass is 10.1. The highest BCUT2D eigenvalue weighted by molar-refractivity contribution is 7.92. The Hall–Kier alpha value is -4.04. The molecule has 7 N–H and O–H groups in total. The molecular weight excluding hydrogens is 494 g/mol. The Kier molecular flexibility index (Phi) is 8.33. The molecule has 0 saturated heterocycles. The summed E-state index contributed by atoms with van der Waals surface area (Å²) >= 11 is 0.976. The summed E-state index contributed by atoms with van der Waals surface area (Å²) < 4.78 is 28.5. The minimum absolute atomic E-state index is 0.0247. The normalized spacial score (nSPS) is 11.9. The fourth-order valence-electron chi connectivity index (χ4n) is 3.04. The van der Waals surface area contributed by atoms with Crippen LogP contribution in [0, 0.1) is 0 Å². The number of carbonyl (C=O) groups is 2. The summed E-state index contributed by atoms with van der Waals surface area (Å²) in [5, 5.41) is 13.4.